The van der Waals surface area contributed by atoms with Gasteiger partial charge in [-0.15, -0.1) is 11.3 Å². The Hall–Kier alpha value is -2.43. The van der Waals surface area contributed by atoms with E-state index in [1.54, 1.807) is 0 Å². The normalized spacial score (nSPS) is 16.4. The van der Waals surface area contributed by atoms with Gasteiger partial charge in [0, 0.05) is 22.8 Å². The molecule has 0 saturated heterocycles. The van der Waals surface area contributed by atoms with Gasteiger partial charge in [-0.05, 0) is 42.0 Å². The van der Waals surface area contributed by atoms with Gasteiger partial charge >= 0.3 is 0 Å². The molecular weight excluding hydrogens is 376 g/mol. The average molecular weight is 405 g/mol. The molecular formula is C25H28N2OS. The lowest BCUT2D eigenvalue weighted by atomic mass is 9.91. The summed E-state index contributed by atoms with van der Waals surface area (Å²) >= 11 is 1.91. The third-order valence-corrected chi connectivity index (χ3v) is 7.00. The number of fused-ring (bicyclic) bond motifs is 1. The van der Waals surface area contributed by atoms with E-state index >= 15 is 0 Å². The third-order valence-electron chi connectivity index (χ3n) is 5.76. The zero-order valence-corrected chi connectivity index (χ0v) is 18.0. The Balaban J connectivity index is 1.56. The molecule has 1 atom stereocenters. The lowest BCUT2D eigenvalue weighted by Crippen LogP contribution is -2.42. The molecule has 3 nitrogen and oxygen atoms in total. The zero-order chi connectivity index (χ0) is 20.2. The number of carbonyl (C=O) groups excluding carboxylic acids is 1. The van der Waals surface area contributed by atoms with E-state index in [2.05, 4.69) is 54.4 Å². The van der Waals surface area contributed by atoms with Crippen molar-refractivity contribution in [3.05, 3.63) is 92.7 Å². The Morgan fingerprint density at radius 1 is 1.10 bits per heavy atom. The number of aryl methyl sites for hydroxylation is 1. The summed E-state index contributed by atoms with van der Waals surface area (Å²) < 4.78 is 0. The topological polar surface area (TPSA) is 32.3 Å². The van der Waals surface area contributed by atoms with E-state index in [-0.39, 0.29) is 11.9 Å². The Bertz CT molecular complexity index is 965. The zero-order valence-electron chi connectivity index (χ0n) is 17.2. The molecule has 3 aromatic rings. The van der Waals surface area contributed by atoms with E-state index < -0.39 is 0 Å². The Labute approximate surface area is 177 Å². The van der Waals surface area contributed by atoms with Crippen molar-refractivity contribution in [2.75, 3.05) is 13.1 Å². The van der Waals surface area contributed by atoms with Crippen molar-refractivity contribution >= 4 is 17.2 Å². The lowest BCUT2D eigenvalue weighted by molar-refractivity contribution is -0.122. The second-order valence-electron chi connectivity index (χ2n) is 7.63. The summed E-state index contributed by atoms with van der Waals surface area (Å²) in [5.41, 5.74) is 5.43. The molecule has 150 valence electrons. The molecule has 0 unspecified atom stereocenters. The highest BCUT2D eigenvalue weighted by Crippen LogP contribution is 2.42. The number of thiophene rings is 1. The van der Waals surface area contributed by atoms with E-state index in [9.17, 15) is 4.79 Å². The van der Waals surface area contributed by atoms with E-state index in [0.717, 1.165) is 24.9 Å². The van der Waals surface area contributed by atoms with Crippen molar-refractivity contribution < 1.29 is 4.79 Å². The fraction of sp³-hybridized carbons (Fsp3) is 0.320. The Morgan fingerprint density at radius 3 is 2.48 bits per heavy atom. The summed E-state index contributed by atoms with van der Waals surface area (Å²) in [6.07, 6.45) is 2.11. The van der Waals surface area contributed by atoms with Crippen LogP contribution in [0.3, 0.4) is 0 Å². The lowest BCUT2D eigenvalue weighted by Gasteiger charge is -2.36. The summed E-state index contributed by atoms with van der Waals surface area (Å²) in [5.74, 6) is 0.0854. The largest absolute Gasteiger partial charge is 0.351 e. The van der Waals surface area contributed by atoms with Crippen LogP contribution in [0, 0.1) is 6.92 Å². The Kier molecular flexibility index (Phi) is 6.12. The van der Waals surface area contributed by atoms with Gasteiger partial charge in [0.2, 0.25) is 5.91 Å². The molecule has 1 amide bonds. The molecule has 1 aliphatic heterocycles. The predicted octanol–water partition coefficient (Wildman–Crippen LogP) is 4.88. The fourth-order valence-electron chi connectivity index (χ4n) is 4.36. The van der Waals surface area contributed by atoms with Gasteiger partial charge in [0.1, 0.15) is 0 Å². The summed E-state index contributed by atoms with van der Waals surface area (Å²) in [6.45, 7) is 6.39. The molecule has 2 aromatic carbocycles. The van der Waals surface area contributed by atoms with Gasteiger partial charge in [-0.1, -0.05) is 67.6 Å². The number of nitrogens with zero attached hydrogens (tertiary/aromatic N) is 1. The van der Waals surface area contributed by atoms with E-state index in [4.69, 9.17) is 0 Å². The molecule has 0 fully saturated rings. The molecule has 1 aromatic heterocycles. The average Bonchev–Trinajstić information content (AvgIpc) is 3.08. The van der Waals surface area contributed by atoms with Crippen LogP contribution in [0.1, 0.15) is 45.0 Å². The van der Waals surface area contributed by atoms with Crippen LogP contribution in [-0.4, -0.2) is 23.9 Å². The van der Waals surface area contributed by atoms with Crippen LogP contribution in [0.25, 0.3) is 0 Å². The highest BCUT2D eigenvalue weighted by atomic mass is 32.1. The van der Waals surface area contributed by atoms with Gasteiger partial charge in [0.25, 0.3) is 0 Å². The van der Waals surface area contributed by atoms with Crippen LogP contribution in [0.15, 0.2) is 60.7 Å². The van der Waals surface area contributed by atoms with Crippen LogP contribution < -0.4 is 5.32 Å². The summed E-state index contributed by atoms with van der Waals surface area (Å²) in [6, 6.07) is 20.9. The highest BCUT2D eigenvalue weighted by Gasteiger charge is 2.33. The van der Waals surface area contributed by atoms with E-state index in [1.165, 1.54) is 26.4 Å². The summed E-state index contributed by atoms with van der Waals surface area (Å²) in [7, 11) is 0. The third kappa shape index (κ3) is 4.29. The number of nitrogens with one attached hydrogen (secondary N) is 1. The maximum atomic E-state index is 12.8. The molecule has 29 heavy (non-hydrogen) atoms. The molecule has 4 rings (SSSR count). The monoisotopic (exact) mass is 404 g/mol. The van der Waals surface area contributed by atoms with Gasteiger partial charge in [0.05, 0.1) is 12.6 Å². The van der Waals surface area contributed by atoms with Crippen molar-refractivity contribution in [3.63, 3.8) is 0 Å². The number of carbonyl (C=O) groups is 1. The maximum absolute atomic E-state index is 12.8. The summed E-state index contributed by atoms with van der Waals surface area (Å²) in [4.78, 5) is 17.9. The second kappa shape index (κ2) is 8.93. The summed E-state index contributed by atoms with van der Waals surface area (Å²) in [5, 5.41) is 3.09. The van der Waals surface area contributed by atoms with Crippen LogP contribution in [0.4, 0.5) is 0 Å². The number of hydrogen-bond donors (Lipinski definition) is 1. The van der Waals surface area contributed by atoms with Crippen LogP contribution in [0.2, 0.25) is 0 Å². The van der Waals surface area contributed by atoms with Crippen molar-refractivity contribution in [2.45, 2.75) is 39.3 Å². The van der Waals surface area contributed by atoms with Gasteiger partial charge < -0.3 is 5.32 Å². The molecule has 0 bridgehead atoms. The van der Waals surface area contributed by atoms with Crippen molar-refractivity contribution in [2.24, 2.45) is 0 Å². The number of amides is 1. The number of hydrogen-bond acceptors (Lipinski definition) is 3. The van der Waals surface area contributed by atoms with Crippen LogP contribution in [-0.2, 0) is 24.2 Å². The van der Waals surface area contributed by atoms with Gasteiger partial charge in [-0.3, -0.25) is 9.69 Å². The van der Waals surface area contributed by atoms with Crippen molar-refractivity contribution in [1.29, 1.82) is 0 Å². The Morgan fingerprint density at radius 2 is 1.79 bits per heavy atom. The van der Waals surface area contributed by atoms with Crippen LogP contribution >= 0.6 is 11.3 Å². The minimum absolute atomic E-state index is 0.0854. The quantitative estimate of drug-likeness (QED) is 0.635. The smallest absolute Gasteiger partial charge is 0.234 e. The molecule has 0 spiro atoms. The molecule has 0 aliphatic carbocycles. The van der Waals surface area contributed by atoms with Gasteiger partial charge in [0.15, 0.2) is 0 Å². The SMILES string of the molecule is CCc1c(C)sc2c1CCN(CC(=O)NCc1ccccc1)[C@@H]2c1ccccc1. The second-order valence-corrected chi connectivity index (χ2v) is 8.89. The van der Waals surface area contributed by atoms with Gasteiger partial charge in [-0.2, -0.15) is 0 Å². The first kappa shape index (κ1) is 19.9. The predicted molar refractivity (Wildman–Crippen MR) is 120 cm³/mol. The standard InChI is InChI=1S/C25H28N2OS/c1-3-21-18(2)29-25-22(21)14-15-27(24(25)20-12-8-5-9-13-20)17-23(28)26-16-19-10-6-4-7-11-19/h4-13,24H,3,14-17H2,1-2H3,(H,26,28)/t24-/m1/s1. The number of rotatable bonds is 6. The number of benzene rings is 2. The van der Waals surface area contributed by atoms with E-state index in [0.29, 0.717) is 13.1 Å². The van der Waals surface area contributed by atoms with Crippen LogP contribution in [0.5, 0.6) is 0 Å². The first-order chi connectivity index (χ1) is 14.2. The minimum Gasteiger partial charge on any atom is -0.351 e. The minimum atomic E-state index is 0.0854. The molecule has 0 radical (unpaired) electrons. The highest BCUT2D eigenvalue weighted by molar-refractivity contribution is 7.12. The first-order valence-corrected chi connectivity index (χ1v) is 11.2. The van der Waals surface area contributed by atoms with E-state index in [1.807, 2.05) is 41.7 Å². The van der Waals surface area contributed by atoms with Gasteiger partial charge in [-0.25, -0.2) is 0 Å². The molecule has 0 saturated carbocycles. The maximum Gasteiger partial charge on any atom is 0.234 e. The first-order valence-electron chi connectivity index (χ1n) is 10.4. The molecule has 2 heterocycles. The fourth-order valence-corrected chi connectivity index (χ4v) is 5.83. The molecule has 4 heteroatoms. The van der Waals surface area contributed by atoms with Crippen molar-refractivity contribution in [3.8, 4) is 0 Å². The molecule has 1 aliphatic rings. The van der Waals surface area contributed by atoms with Crippen molar-refractivity contribution in [1.82, 2.24) is 10.2 Å². The molecule has 1 N–H and O–H groups in total.